The smallest absolute Gasteiger partial charge is 0.248 e. The lowest BCUT2D eigenvalue weighted by atomic mass is 10.2. The molecule has 6 nitrogen and oxygen atoms in total. The van der Waals surface area contributed by atoms with E-state index in [1.54, 1.807) is 35.9 Å². The van der Waals surface area contributed by atoms with Crippen LogP contribution in [0.15, 0.2) is 24.3 Å². The first-order chi connectivity index (χ1) is 8.50. The third-order valence-corrected chi connectivity index (χ3v) is 2.62. The Labute approximate surface area is 103 Å². The SMILES string of the molecule is CC(=O)c1nnn(-c2ccc(C(N)=O)cc2)c1C. The predicted molar refractivity (Wildman–Crippen MR) is 64.6 cm³/mol. The number of nitrogens with two attached hydrogens (primary N) is 1. The van der Waals surface area contributed by atoms with Gasteiger partial charge in [-0.1, -0.05) is 5.21 Å². The van der Waals surface area contributed by atoms with Gasteiger partial charge in [-0.2, -0.15) is 0 Å². The molecule has 0 unspecified atom stereocenters. The fourth-order valence-electron chi connectivity index (χ4n) is 1.67. The standard InChI is InChI=1S/C12H12N4O2/c1-7-11(8(2)17)14-15-16(7)10-5-3-9(4-6-10)12(13)18/h3-6H,1-2H3,(H2,13,18). The van der Waals surface area contributed by atoms with Crippen molar-refractivity contribution < 1.29 is 9.59 Å². The summed E-state index contributed by atoms with van der Waals surface area (Å²) < 4.78 is 1.54. The lowest BCUT2D eigenvalue weighted by Gasteiger charge is -2.03. The molecule has 0 aliphatic rings. The van der Waals surface area contributed by atoms with Gasteiger partial charge >= 0.3 is 0 Å². The topological polar surface area (TPSA) is 90.9 Å². The maximum atomic E-state index is 11.3. The van der Waals surface area contributed by atoms with E-state index in [0.717, 1.165) is 5.69 Å². The summed E-state index contributed by atoms with van der Waals surface area (Å²) in [5, 5.41) is 7.73. The van der Waals surface area contributed by atoms with Crippen LogP contribution in [0.2, 0.25) is 0 Å². The highest BCUT2D eigenvalue weighted by atomic mass is 16.1. The summed E-state index contributed by atoms with van der Waals surface area (Å²) >= 11 is 0. The van der Waals surface area contributed by atoms with Crippen LogP contribution >= 0.6 is 0 Å². The Hall–Kier alpha value is -2.50. The molecule has 0 saturated carbocycles. The number of carbonyl (C=O) groups is 2. The van der Waals surface area contributed by atoms with Gasteiger partial charge in [-0.3, -0.25) is 9.59 Å². The first-order valence-corrected chi connectivity index (χ1v) is 5.34. The number of rotatable bonds is 3. The average Bonchev–Trinajstić information content (AvgIpc) is 2.71. The summed E-state index contributed by atoms with van der Waals surface area (Å²) in [5.41, 5.74) is 7.30. The molecule has 0 radical (unpaired) electrons. The van der Waals surface area contributed by atoms with Crippen LogP contribution in [0.3, 0.4) is 0 Å². The Morgan fingerprint density at radius 2 is 1.83 bits per heavy atom. The Morgan fingerprint density at radius 1 is 1.22 bits per heavy atom. The molecule has 1 heterocycles. The van der Waals surface area contributed by atoms with Crippen LogP contribution in [0.1, 0.15) is 33.5 Å². The van der Waals surface area contributed by atoms with E-state index in [2.05, 4.69) is 10.3 Å². The van der Waals surface area contributed by atoms with Crippen molar-refractivity contribution >= 4 is 11.7 Å². The summed E-state index contributed by atoms with van der Waals surface area (Å²) in [4.78, 5) is 22.2. The number of carbonyl (C=O) groups excluding carboxylic acids is 2. The van der Waals surface area contributed by atoms with Gasteiger partial charge in [-0.25, -0.2) is 4.68 Å². The molecular weight excluding hydrogens is 232 g/mol. The normalized spacial score (nSPS) is 10.3. The Balaban J connectivity index is 2.43. The van der Waals surface area contributed by atoms with Crippen LogP contribution in [0.5, 0.6) is 0 Å². The van der Waals surface area contributed by atoms with E-state index in [1.165, 1.54) is 6.92 Å². The first kappa shape index (κ1) is 12.0. The minimum atomic E-state index is -0.485. The first-order valence-electron chi connectivity index (χ1n) is 5.34. The van der Waals surface area contributed by atoms with Gasteiger partial charge in [0, 0.05) is 12.5 Å². The molecule has 0 fully saturated rings. The molecule has 0 bridgehead atoms. The molecule has 2 aromatic rings. The number of primary amides is 1. The molecule has 0 saturated heterocycles. The molecule has 2 N–H and O–H groups in total. The van der Waals surface area contributed by atoms with Crippen LogP contribution < -0.4 is 5.73 Å². The third kappa shape index (κ3) is 2.00. The number of amides is 1. The zero-order valence-electron chi connectivity index (χ0n) is 10.0. The number of aromatic nitrogens is 3. The number of benzene rings is 1. The van der Waals surface area contributed by atoms with Gasteiger partial charge in [0.15, 0.2) is 11.5 Å². The molecule has 2 rings (SSSR count). The number of hydrogen-bond donors (Lipinski definition) is 1. The lowest BCUT2D eigenvalue weighted by Crippen LogP contribution is -2.11. The largest absolute Gasteiger partial charge is 0.366 e. The van der Waals surface area contributed by atoms with E-state index in [-0.39, 0.29) is 5.78 Å². The van der Waals surface area contributed by atoms with Crippen LogP contribution in [0.4, 0.5) is 0 Å². The monoisotopic (exact) mass is 244 g/mol. The fourth-order valence-corrected chi connectivity index (χ4v) is 1.67. The van der Waals surface area contributed by atoms with Crippen molar-refractivity contribution in [1.82, 2.24) is 15.0 Å². The van der Waals surface area contributed by atoms with E-state index in [0.29, 0.717) is 17.0 Å². The highest BCUT2D eigenvalue weighted by Gasteiger charge is 2.13. The number of Topliss-reactive ketones (excluding diaryl/α,β-unsaturated/α-hetero) is 1. The minimum Gasteiger partial charge on any atom is -0.366 e. The van der Waals surface area contributed by atoms with Crippen LogP contribution in [0, 0.1) is 6.92 Å². The van der Waals surface area contributed by atoms with Gasteiger partial charge in [0.1, 0.15) is 0 Å². The van der Waals surface area contributed by atoms with E-state index in [9.17, 15) is 9.59 Å². The molecule has 0 spiro atoms. The Morgan fingerprint density at radius 3 is 2.28 bits per heavy atom. The summed E-state index contributed by atoms with van der Waals surface area (Å²) in [5.74, 6) is -0.617. The second kappa shape index (κ2) is 4.40. The number of nitrogens with zero attached hydrogens (tertiary/aromatic N) is 3. The molecule has 18 heavy (non-hydrogen) atoms. The van der Waals surface area contributed by atoms with Crippen molar-refractivity contribution in [3.05, 3.63) is 41.2 Å². The fraction of sp³-hybridized carbons (Fsp3) is 0.167. The van der Waals surface area contributed by atoms with Crippen LogP contribution in [-0.4, -0.2) is 26.7 Å². The zero-order valence-corrected chi connectivity index (χ0v) is 10.0. The van der Waals surface area contributed by atoms with E-state index in [4.69, 9.17) is 5.73 Å². The number of ketones is 1. The van der Waals surface area contributed by atoms with E-state index in [1.807, 2.05) is 0 Å². The second-order valence-electron chi connectivity index (χ2n) is 3.90. The molecule has 0 aliphatic carbocycles. The van der Waals surface area contributed by atoms with Crippen molar-refractivity contribution in [2.75, 3.05) is 0 Å². The summed E-state index contributed by atoms with van der Waals surface area (Å²) in [6.45, 7) is 3.20. The van der Waals surface area contributed by atoms with E-state index < -0.39 is 5.91 Å². The van der Waals surface area contributed by atoms with Gasteiger partial charge < -0.3 is 5.73 Å². The highest BCUT2D eigenvalue weighted by molar-refractivity contribution is 5.93. The molecular formula is C12H12N4O2. The predicted octanol–water partition coefficient (Wildman–Crippen LogP) is 0.877. The van der Waals surface area contributed by atoms with Crippen molar-refractivity contribution in [1.29, 1.82) is 0 Å². The third-order valence-electron chi connectivity index (χ3n) is 2.62. The Bertz CT molecular complexity index is 614. The number of hydrogen-bond acceptors (Lipinski definition) is 4. The van der Waals surface area contributed by atoms with Gasteiger partial charge in [0.2, 0.25) is 5.91 Å². The molecule has 0 atom stereocenters. The molecule has 92 valence electrons. The maximum Gasteiger partial charge on any atom is 0.248 e. The van der Waals surface area contributed by atoms with Gasteiger partial charge in [0.05, 0.1) is 11.4 Å². The van der Waals surface area contributed by atoms with Crippen LogP contribution in [0.25, 0.3) is 5.69 Å². The van der Waals surface area contributed by atoms with Crippen molar-refractivity contribution in [2.45, 2.75) is 13.8 Å². The Kier molecular flexibility index (Phi) is 2.93. The maximum absolute atomic E-state index is 11.3. The minimum absolute atomic E-state index is 0.132. The van der Waals surface area contributed by atoms with Crippen LogP contribution in [-0.2, 0) is 0 Å². The molecule has 0 aliphatic heterocycles. The average molecular weight is 244 g/mol. The zero-order chi connectivity index (χ0) is 13.3. The summed E-state index contributed by atoms with van der Waals surface area (Å²) in [6, 6.07) is 6.61. The lowest BCUT2D eigenvalue weighted by molar-refractivity contribution is 0.0995. The molecule has 1 amide bonds. The molecule has 1 aromatic carbocycles. The highest BCUT2D eigenvalue weighted by Crippen LogP contribution is 2.13. The van der Waals surface area contributed by atoms with Crippen molar-refractivity contribution in [3.8, 4) is 5.69 Å². The molecule has 1 aromatic heterocycles. The van der Waals surface area contributed by atoms with Gasteiger partial charge in [-0.05, 0) is 31.2 Å². The van der Waals surface area contributed by atoms with Gasteiger partial charge in [-0.15, -0.1) is 5.10 Å². The summed E-state index contributed by atoms with van der Waals surface area (Å²) in [7, 11) is 0. The van der Waals surface area contributed by atoms with E-state index >= 15 is 0 Å². The summed E-state index contributed by atoms with van der Waals surface area (Å²) in [6.07, 6.45) is 0. The quantitative estimate of drug-likeness (QED) is 0.811. The van der Waals surface area contributed by atoms with Crippen molar-refractivity contribution in [3.63, 3.8) is 0 Å². The van der Waals surface area contributed by atoms with Gasteiger partial charge in [0.25, 0.3) is 0 Å². The van der Waals surface area contributed by atoms with Crippen molar-refractivity contribution in [2.24, 2.45) is 5.73 Å². The molecule has 6 heteroatoms. The second-order valence-corrected chi connectivity index (χ2v) is 3.90.